The highest BCUT2D eigenvalue weighted by Crippen LogP contribution is 2.25. The maximum Gasteiger partial charge on any atom is 0.326 e. The standard InChI is InChI=1S/C35H41N3O5/c1-5-6-7-8-9-22-42-29-20-16-25(17-21-29)31-37-33(43-38-31)27-12-10-24(11-13-27)23-30(34(40)41)36-32(39)26-14-18-28(19-15-26)35(2,3)4/h10-21,30H,5-9,22-23H2,1-4H3,(H,36,39)(H,40,41). The Balaban J connectivity index is 1.33. The minimum Gasteiger partial charge on any atom is -0.494 e. The first-order valence-corrected chi connectivity index (χ1v) is 14.9. The van der Waals surface area contributed by atoms with Crippen LogP contribution < -0.4 is 10.1 Å². The van der Waals surface area contributed by atoms with Gasteiger partial charge >= 0.3 is 5.97 Å². The molecule has 1 aromatic heterocycles. The van der Waals surface area contributed by atoms with Crippen LogP contribution in [0.15, 0.2) is 77.3 Å². The highest BCUT2D eigenvalue weighted by atomic mass is 16.5. The Morgan fingerprint density at radius 2 is 1.53 bits per heavy atom. The van der Waals surface area contributed by atoms with Crippen molar-refractivity contribution in [3.63, 3.8) is 0 Å². The Hall–Kier alpha value is -4.46. The van der Waals surface area contributed by atoms with E-state index in [-0.39, 0.29) is 11.8 Å². The predicted octanol–water partition coefficient (Wildman–Crippen LogP) is 7.48. The van der Waals surface area contributed by atoms with Crippen molar-refractivity contribution in [3.05, 3.63) is 89.5 Å². The number of hydrogen-bond donors (Lipinski definition) is 2. The van der Waals surface area contributed by atoms with Crippen LogP contribution in [0.2, 0.25) is 0 Å². The number of carbonyl (C=O) groups is 2. The highest BCUT2D eigenvalue weighted by molar-refractivity contribution is 5.96. The maximum absolute atomic E-state index is 12.8. The molecule has 1 heterocycles. The number of rotatable bonds is 14. The Bertz CT molecular complexity index is 1470. The monoisotopic (exact) mass is 583 g/mol. The Labute approximate surface area is 253 Å². The number of aliphatic carboxylic acids is 1. The number of carbonyl (C=O) groups excluding carboxylic acids is 1. The summed E-state index contributed by atoms with van der Waals surface area (Å²) in [4.78, 5) is 29.2. The molecule has 226 valence electrons. The molecule has 2 N–H and O–H groups in total. The van der Waals surface area contributed by atoms with Crippen LogP contribution in [0.3, 0.4) is 0 Å². The zero-order valence-corrected chi connectivity index (χ0v) is 25.4. The quantitative estimate of drug-likeness (QED) is 0.148. The van der Waals surface area contributed by atoms with Crippen LogP contribution in [0.4, 0.5) is 0 Å². The van der Waals surface area contributed by atoms with E-state index in [2.05, 4.69) is 43.2 Å². The molecule has 8 heteroatoms. The number of amides is 1. The summed E-state index contributed by atoms with van der Waals surface area (Å²) in [5, 5.41) is 16.5. The molecule has 1 atom stereocenters. The van der Waals surface area contributed by atoms with Crippen LogP contribution in [0.25, 0.3) is 22.8 Å². The number of nitrogens with zero attached hydrogens (tertiary/aromatic N) is 2. The summed E-state index contributed by atoms with van der Waals surface area (Å²) < 4.78 is 11.3. The smallest absolute Gasteiger partial charge is 0.326 e. The van der Waals surface area contributed by atoms with Crippen molar-refractivity contribution in [3.8, 4) is 28.6 Å². The van der Waals surface area contributed by atoms with Gasteiger partial charge < -0.3 is 19.7 Å². The molecular formula is C35H41N3O5. The molecule has 8 nitrogen and oxygen atoms in total. The average molecular weight is 584 g/mol. The normalized spacial score (nSPS) is 12.1. The molecular weight excluding hydrogens is 542 g/mol. The third-order valence-electron chi connectivity index (χ3n) is 7.31. The van der Waals surface area contributed by atoms with E-state index >= 15 is 0 Å². The van der Waals surface area contributed by atoms with Gasteiger partial charge in [0.15, 0.2) is 0 Å². The molecule has 0 bridgehead atoms. The Morgan fingerprint density at radius 1 is 0.884 bits per heavy atom. The Morgan fingerprint density at radius 3 is 2.16 bits per heavy atom. The van der Waals surface area contributed by atoms with Crippen molar-refractivity contribution in [1.82, 2.24) is 15.5 Å². The number of hydrogen-bond acceptors (Lipinski definition) is 6. The first-order chi connectivity index (χ1) is 20.6. The summed E-state index contributed by atoms with van der Waals surface area (Å²) in [7, 11) is 0. The van der Waals surface area contributed by atoms with E-state index < -0.39 is 17.9 Å². The largest absolute Gasteiger partial charge is 0.494 e. The van der Waals surface area contributed by atoms with Crippen molar-refractivity contribution in [2.45, 2.75) is 77.7 Å². The van der Waals surface area contributed by atoms with E-state index in [9.17, 15) is 14.7 Å². The topological polar surface area (TPSA) is 115 Å². The van der Waals surface area contributed by atoms with E-state index in [0.29, 0.717) is 29.4 Å². The van der Waals surface area contributed by atoms with Gasteiger partial charge in [0.2, 0.25) is 5.82 Å². The van der Waals surface area contributed by atoms with E-state index in [1.807, 2.05) is 36.4 Å². The van der Waals surface area contributed by atoms with E-state index in [0.717, 1.165) is 28.9 Å². The minimum atomic E-state index is -1.10. The molecule has 0 aliphatic carbocycles. The van der Waals surface area contributed by atoms with Gasteiger partial charge in [0.05, 0.1) is 6.61 Å². The fourth-order valence-electron chi connectivity index (χ4n) is 4.64. The van der Waals surface area contributed by atoms with Crippen molar-refractivity contribution in [2.24, 2.45) is 0 Å². The molecule has 0 aliphatic rings. The summed E-state index contributed by atoms with van der Waals surface area (Å²) in [6, 6.07) is 21.0. The van der Waals surface area contributed by atoms with Gasteiger partial charge in [0.1, 0.15) is 11.8 Å². The Kier molecular flexibility index (Phi) is 10.7. The lowest BCUT2D eigenvalue weighted by molar-refractivity contribution is -0.139. The lowest BCUT2D eigenvalue weighted by atomic mass is 9.86. The van der Waals surface area contributed by atoms with E-state index in [1.165, 1.54) is 25.7 Å². The fraction of sp³-hybridized carbons (Fsp3) is 0.371. The first kappa shape index (κ1) is 31.5. The van der Waals surface area contributed by atoms with Crippen molar-refractivity contribution in [1.29, 1.82) is 0 Å². The van der Waals surface area contributed by atoms with E-state index in [4.69, 9.17) is 9.26 Å². The molecule has 0 radical (unpaired) electrons. The van der Waals surface area contributed by atoms with Gasteiger partial charge in [-0.2, -0.15) is 4.98 Å². The average Bonchev–Trinajstić information content (AvgIpc) is 3.49. The molecule has 3 aromatic carbocycles. The molecule has 0 fully saturated rings. The van der Waals surface area contributed by atoms with E-state index in [1.54, 1.807) is 36.4 Å². The summed E-state index contributed by atoms with van der Waals surface area (Å²) in [5.74, 6) is 0.108. The molecule has 4 aromatic rings. The number of nitrogens with one attached hydrogen (secondary N) is 1. The summed E-state index contributed by atoms with van der Waals surface area (Å²) in [6.07, 6.45) is 6.10. The van der Waals surface area contributed by atoms with Crippen LogP contribution in [0.1, 0.15) is 81.3 Å². The second-order valence-corrected chi connectivity index (χ2v) is 11.8. The third-order valence-corrected chi connectivity index (χ3v) is 7.31. The minimum absolute atomic E-state index is 0.0404. The molecule has 4 rings (SSSR count). The summed E-state index contributed by atoms with van der Waals surface area (Å²) in [5.41, 5.74) is 3.75. The maximum atomic E-state index is 12.8. The number of aromatic nitrogens is 2. The molecule has 0 aliphatic heterocycles. The van der Waals surface area contributed by atoms with Crippen molar-refractivity contribution >= 4 is 11.9 Å². The van der Waals surface area contributed by atoms with Gasteiger partial charge in [-0.05, 0) is 71.5 Å². The highest BCUT2D eigenvalue weighted by Gasteiger charge is 2.22. The van der Waals surface area contributed by atoms with Gasteiger partial charge in [0.25, 0.3) is 11.8 Å². The predicted molar refractivity (Wildman–Crippen MR) is 167 cm³/mol. The zero-order valence-electron chi connectivity index (χ0n) is 25.4. The SMILES string of the molecule is CCCCCCCOc1ccc(-c2noc(-c3ccc(CC(NC(=O)c4ccc(C(C)(C)C)cc4)C(=O)O)cc3)n2)cc1. The van der Waals surface area contributed by atoms with Crippen LogP contribution in [0, 0.1) is 0 Å². The van der Waals surface area contributed by atoms with Crippen LogP contribution in [-0.2, 0) is 16.6 Å². The number of carboxylic acids is 1. The number of ether oxygens (including phenoxy) is 1. The number of carboxylic acid groups (broad SMARTS) is 1. The third kappa shape index (κ3) is 9.01. The van der Waals surface area contributed by atoms with Gasteiger partial charge in [-0.1, -0.05) is 82.8 Å². The number of unbranched alkanes of at least 4 members (excludes halogenated alkanes) is 4. The van der Waals surface area contributed by atoms with Gasteiger partial charge in [-0.3, -0.25) is 4.79 Å². The second kappa shape index (κ2) is 14.6. The lowest BCUT2D eigenvalue weighted by Crippen LogP contribution is -2.42. The van der Waals surface area contributed by atoms with Crippen molar-refractivity contribution < 1.29 is 24.0 Å². The van der Waals surface area contributed by atoms with Gasteiger partial charge in [-0.15, -0.1) is 0 Å². The molecule has 1 unspecified atom stereocenters. The van der Waals surface area contributed by atoms with Crippen LogP contribution in [-0.4, -0.2) is 39.8 Å². The molecule has 1 amide bonds. The van der Waals surface area contributed by atoms with Crippen LogP contribution in [0.5, 0.6) is 5.75 Å². The second-order valence-electron chi connectivity index (χ2n) is 11.8. The number of benzene rings is 3. The first-order valence-electron chi connectivity index (χ1n) is 14.9. The fourth-order valence-corrected chi connectivity index (χ4v) is 4.64. The summed E-state index contributed by atoms with van der Waals surface area (Å²) in [6.45, 7) is 9.19. The van der Waals surface area contributed by atoms with Crippen molar-refractivity contribution in [2.75, 3.05) is 6.61 Å². The molecule has 43 heavy (non-hydrogen) atoms. The van der Waals surface area contributed by atoms with Gasteiger partial charge in [0, 0.05) is 23.1 Å². The molecule has 0 saturated carbocycles. The lowest BCUT2D eigenvalue weighted by Gasteiger charge is -2.19. The summed E-state index contributed by atoms with van der Waals surface area (Å²) >= 11 is 0. The molecule has 0 saturated heterocycles. The zero-order chi connectivity index (χ0) is 30.8. The van der Waals surface area contributed by atoms with Gasteiger partial charge in [-0.25, -0.2) is 4.79 Å². The van der Waals surface area contributed by atoms with Crippen LogP contribution >= 0.6 is 0 Å². The molecule has 0 spiro atoms.